The van der Waals surface area contributed by atoms with Crippen LogP contribution in [0.2, 0.25) is 5.02 Å². The van der Waals surface area contributed by atoms with Gasteiger partial charge in [0.2, 0.25) is 0 Å². The number of nitrogens with one attached hydrogen (secondary N) is 1. The number of benzene rings is 2. The Morgan fingerprint density at radius 2 is 1.81 bits per heavy atom. The summed E-state index contributed by atoms with van der Waals surface area (Å²) in [7, 11) is 0. The molecule has 3 aromatic rings. The predicted octanol–water partition coefficient (Wildman–Crippen LogP) is 4.38. The van der Waals surface area contributed by atoms with E-state index >= 15 is 0 Å². The topological polar surface area (TPSA) is 67.8 Å². The number of thiophene rings is 1. The standard InChI is InChI=1S/C19H13ClN2O3S/c20-16-5-2-1-4-15(16)19(24)25-14-9-7-13(8-10-14)12-21-22-18(23)17-6-3-11-26-17/h1-12H,(H,22,23)/b21-12+. The molecule has 0 spiro atoms. The zero-order valence-corrected chi connectivity index (χ0v) is 15.0. The highest BCUT2D eigenvalue weighted by molar-refractivity contribution is 7.12. The van der Waals surface area contributed by atoms with Crippen LogP contribution in [0.25, 0.3) is 0 Å². The third kappa shape index (κ3) is 4.56. The largest absolute Gasteiger partial charge is 0.423 e. The first-order valence-corrected chi connectivity index (χ1v) is 8.83. The van der Waals surface area contributed by atoms with Crippen LogP contribution in [-0.2, 0) is 0 Å². The molecule has 1 amide bonds. The number of carbonyl (C=O) groups is 2. The fourth-order valence-electron chi connectivity index (χ4n) is 2.04. The maximum Gasteiger partial charge on any atom is 0.345 e. The summed E-state index contributed by atoms with van der Waals surface area (Å²) >= 11 is 7.32. The van der Waals surface area contributed by atoms with Gasteiger partial charge in [-0.3, -0.25) is 4.79 Å². The molecule has 0 aliphatic carbocycles. The third-order valence-electron chi connectivity index (χ3n) is 3.31. The van der Waals surface area contributed by atoms with Crippen LogP contribution >= 0.6 is 22.9 Å². The molecule has 0 fully saturated rings. The molecule has 0 aliphatic rings. The lowest BCUT2D eigenvalue weighted by Crippen LogP contribution is -2.16. The summed E-state index contributed by atoms with van der Waals surface area (Å²) in [6, 6.07) is 16.9. The van der Waals surface area contributed by atoms with E-state index < -0.39 is 5.97 Å². The smallest absolute Gasteiger partial charge is 0.345 e. The summed E-state index contributed by atoms with van der Waals surface area (Å²) in [5, 5.41) is 6.06. The van der Waals surface area contributed by atoms with Gasteiger partial charge >= 0.3 is 5.97 Å². The molecule has 1 heterocycles. The van der Waals surface area contributed by atoms with Crippen LogP contribution in [-0.4, -0.2) is 18.1 Å². The van der Waals surface area contributed by atoms with Gasteiger partial charge in [-0.1, -0.05) is 29.8 Å². The van der Waals surface area contributed by atoms with Gasteiger partial charge < -0.3 is 4.74 Å². The number of esters is 1. The van der Waals surface area contributed by atoms with Crippen molar-refractivity contribution in [2.75, 3.05) is 0 Å². The highest BCUT2D eigenvalue weighted by Gasteiger charge is 2.11. The molecule has 0 aliphatic heterocycles. The normalized spacial score (nSPS) is 10.7. The van der Waals surface area contributed by atoms with Crippen LogP contribution in [0.4, 0.5) is 0 Å². The van der Waals surface area contributed by atoms with Crippen molar-refractivity contribution in [3.8, 4) is 5.75 Å². The van der Waals surface area contributed by atoms with Gasteiger partial charge in [-0.05, 0) is 53.4 Å². The van der Waals surface area contributed by atoms with Gasteiger partial charge in [0.15, 0.2) is 0 Å². The number of hydrogen-bond acceptors (Lipinski definition) is 5. The Bertz CT molecular complexity index is 938. The fourth-order valence-corrected chi connectivity index (χ4v) is 2.87. The summed E-state index contributed by atoms with van der Waals surface area (Å²) in [6.07, 6.45) is 1.51. The molecular weight excluding hydrogens is 372 g/mol. The van der Waals surface area contributed by atoms with Crippen molar-refractivity contribution >= 4 is 41.0 Å². The minimum Gasteiger partial charge on any atom is -0.423 e. The molecule has 1 N–H and O–H groups in total. The van der Waals surface area contributed by atoms with E-state index in [0.29, 0.717) is 21.2 Å². The molecule has 0 unspecified atom stereocenters. The Morgan fingerprint density at radius 3 is 2.50 bits per heavy atom. The van der Waals surface area contributed by atoms with Gasteiger partial charge in [0.05, 0.1) is 21.7 Å². The zero-order valence-electron chi connectivity index (χ0n) is 13.4. The maximum absolute atomic E-state index is 12.1. The van der Waals surface area contributed by atoms with Crippen molar-refractivity contribution in [3.05, 3.63) is 87.1 Å². The van der Waals surface area contributed by atoms with E-state index in [4.69, 9.17) is 16.3 Å². The molecule has 7 heteroatoms. The van der Waals surface area contributed by atoms with E-state index in [1.807, 2.05) is 5.38 Å². The molecule has 1 aromatic heterocycles. The summed E-state index contributed by atoms with van der Waals surface area (Å²) in [6.45, 7) is 0. The second-order valence-electron chi connectivity index (χ2n) is 5.11. The van der Waals surface area contributed by atoms with Gasteiger partial charge in [-0.25, -0.2) is 10.2 Å². The average Bonchev–Trinajstić information content (AvgIpc) is 3.18. The fraction of sp³-hybridized carbons (Fsp3) is 0. The van der Waals surface area contributed by atoms with Crippen LogP contribution in [0, 0.1) is 0 Å². The summed E-state index contributed by atoms with van der Waals surface area (Å²) in [4.78, 5) is 24.4. The van der Waals surface area contributed by atoms with Crippen molar-refractivity contribution in [3.63, 3.8) is 0 Å². The molecule has 2 aromatic carbocycles. The zero-order chi connectivity index (χ0) is 18.4. The van der Waals surface area contributed by atoms with E-state index in [1.165, 1.54) is 17.6 Å². The molecule has 3 rings (SSSR count). The molecule has 0 atom stereocenters. The Balaban J connectivity index is 1.58. The van der Waals surface area contributed by atoms with Crippen LogP contribution in [0.1, 0.15) is 25.6 Å². The van der Waals surface area contributed by atoms with Gasteiger partial charge in [0.25, 0.3) is 5.91 Å². The van der Waals surface area contributed by atoms with Gasteiger partial charge in [-0.2, -0.15) is 5.10 Å². The van der Waals surface area contributed by atoms with E-state index in [1.54, 1.807) is 60.7 Å². The summed E-state index contributed by atoms with van der Waals surface area (Å²) < 4.78 is 5.29. The first-order chi connectivity index (χ1) is 12.6. The lowest BCUT2D eigenvalue weighted by molar-refractivity contribution is 0.0734. The SMILES string of the molecule is O=C(N/N=C/c1ccc(OC(=O)c2ccccc2Cl)cc1)c1cccs1. The lowest BCUT2D eigenvalue weighted by Gasteiger charge is -2.05. The Labute approximate surface area is 158 Å². The second-order valence-corrected chi connectivity index (χ2v) is 6.47. The molecular formula is C19H13ClN2O3S. The molecule has 130 valence electrons. The van der Waals surface area contributed by atoms with Crippen molar-refractivity contribution in [1.29, 1.82) is 0 Å². The second kappa shape index (κ2) is 8.42. The van der Waals surface area contributed by atoms with E-state index in [9.17, 15) is 9.59 Å². The number of hydrogen-bond donors (Lipinski definition) is 1. The maximum atomic E-state index is 12.1. The molecule has 5 nitrogen and oxygen atoms in total. The minimum atomic E-state index is -0.528. The van der Waals surface area contributed by atoms with Gasteiger partial charge in [0.1, 0.15) is 5.75 Å². The van der Waals surface area contributed by atoms with Crippen LogP contribution < -0.4 is 10.2 Å². The van der Waals surface area contributed by atoms with Gasteiger partial charge in [-0.15, -0.1) is 11.3 Å². The highest BCUT2D eigenvalue weighted by Crippen LogP contribution is 2.19. The number of halogens is 1. The first-order valence-electron chi connectivity index (χ1n) is 7.57. The number of nitrogens with zero attached hydrogens (tertiary/aromatic N) is 1. The predicted molar refractivity (Wildman–Crippen MR) is 102 cm³/mol. The first kappa shape index (κ1) is 17.8. The third-order valence-corrected chi connectivity index (χ3v) is 4.51. The van der Waals surface area contributed by atoms with E-state index in [0.717, 1.165) is 5.56 Å². The van der Waals surface area contributed by atoms with Crippen LogP contribution in [0.3, 0.4) is 0 Å². The highest BCUT2D eigenvalue weighted by atomic mass is 35.5. The minimum absolute atomic E-state index is 0.262. The van der Waals surface area contributed by atoms with Crippen LogP contribution in [0.15, 0.2) is 71.1 Å². The number of ether oxygens (including phenoxy) is 1. The molecule has 0 radical (unpaired) electrons. The number of hydrazone groups is 1. The van der Waals surface area contributed by atoms with Crippen molar-refractivity contribution in [1.82, 2.24) is 5.43 Å². The molecule has 0 saturated carbocycles. The van der Waals surface area contributed by atoms with E-state index in [-0.39, 0.29) is 5.91 Å². The summed E-state index contributed by atoms with van der Waals surface area (Å²) in [5.74, 6) is -0.406. The molecule has 0 bridgehead atoms. The van der Waals surface area contributed by atoms with Crippen LogP contribution in [0.5, 0.6) is 5.75 Å². The van der Waals surface area contributed by atoms with Crippen molar-refractivity contribution in [2.45, 2.75) is 0 Å². The Hall–Kier alpha value is -2.96. The summed E-state index contributed by atoms with van der Waals surface area (Å²) in [5.41, 5.74) is 3.50. The van der Waals surface area contributed by atoms with Gasteiger partial charge in [0, 0.05) is 0 Å². The molecule has 26 heavy (non-hydrogen) atoms. The quantitative estimate of drug-likeness (QED) is 0.307. The average molecular weight is 385 g/mol. The lowest BCUT2D eigenvalue weighted by atomic mass is 10.2. The number of carbonyl (C=O) groups excluding carboxylic acids is 2. The molecule has 0 saturated heterocycles. The number of rotatable bonds is 5. The number of amides is 1. The Morgan fingerprint density at radius 1 is 1.04 bits per heavy atom. The Kier molecular flexibility index (Phi) is 5.78. The van der Waals surface area contributed by atoms with Crippen molar-refractivity contribution < 1.29 is 14.3 Å². The monoisotopic (exact) mass is 384 g/mol. The van der Waals surface area contributed by atoms with E-state index in [2.05, 4.69) is 10.5 Å². The van der Waals surface area contributed by atoms with Crippen molar-refractivity contribution in [2.24, 2.45) is 5.10 Å².